The minimum Gasteiger partial charge on any atom is -0.496 e. The van der Waals surface area contributed by atoms with Crippen molar-refractivity contribution in [2.24, 2.45) is 11.7 Å². The van der Waals surface area contributed by atoms with Gasteiger partial charge in [0.15, 0.2) is 0 Å². The molecule has 6 nitrogen and oxygen atoms in total. The van der Waals surface area contributed by atoms with E-state index in [1.807, 2.05) is 0 Å². The van der Waals surface area contributed by atoms with E-state index in [9.17, 15) is 9.59 Å². The smallest absolute Gasteiger partial charge is 0.258 e. The zero-order valence-corrected chi connectivity index (χ0v) is 17.0. The molecule has 3 N–H and O–H groups in total. The largest absolute Gasteiger partial charge is 0.496 e. The third-order valence-corrected chi connectivity index (χ3v) is 5.73. The molecule has 1 aromatic rings. The van der Waals surface area contributed by atoms with Gasteiger partial charge in [0.2, 0.25) is 5.91 Å². The third-order valence-electron chi connectivity index (χ3n) is 5.50. The second-order valence-corrected chi connectivity index (χ2v) is 7.48. The maximum absolute atomic E-state index is 13.0. The lowest BCUT2D eigenvalue weighted by Gasteiger charge is -2.27. The second-order valence-electron chi connectivity index (χ2n) is 7.04. The van der Waals surface area contributed by atoms with Gasteiger partial charge in [0.25, 0.3) is 5.91 Å². The molecule has 3 unspecified atom stereocenters. The Morgan fingerprint density at radius 1 is 1.30 bits per heavy atom. The molecule has 8 heteroatoms. The van der Waals surface area contributed by atoms with E-state index < -0.39 is 6.04 Å². The van der Waals surface area contributed by atoms with Gasteiger partial charge in [0.05, 0.1) is 12.7 Å². The molecule has 2 fully saturated rings. The number of methoxy groups -OCH3 is 1. The summed E-state index contributed by atoms with van der Waals surface area (Å²) in [5, 5.41) is 3.59. The summed E-state index contributed by atoms with van der Waals surface area (Å²) in [5.74, 6) is 0.493. The molecular formula is C19H27Cl2N3O3. The van der Waals surface area contributed by atoms with E-state index in [0.717, 1.165) is 25.7 Å². The van der Waals surface area contributed by atoms with Crippen LogP contribution in [0.1, 0.15) is 42.5 Å². The molecular weight excluding hydrogens is 389 g/mol. The standard InChI is InChI=1S/C19H26ClN3O3.ClH/c1-26-17-8-7-13(20)10-14(17)19(25)23-9-3-6-16(23)18(24)22-15-5-2-4-12(15)11-21;/h7-8,10,12,15-16H,2-6,9,11,21H2,1H3,(H,22,24);1H. The van der Waals surface area contributed by atoms with Crippen LogP contribution in [0.25, 0.3) is 0 Å². The first-order valence-electron chi connectivity index (χ1n) is 9.20. The Morgan fingerprint density at radius 2 is 2.07 bits per heavy atom. The minimum atomic E-state index is -0.454. The average Bonchev–Trinajstić information content (AvgIpc) is 3.30. The highest BCUT2D eigenvalue weighted by Crippen LogP contribution is 2.29. The summed E-state index contributed by atoms with van der Waals surface area (Å²) in [4.78, 5) is 27.5. The number of nitrogens with zero attached hydrogens (tertiary/aromatic N) is 1. The van der Waals surface area contributed by atoms with Gasteiger partial charge >= 0.3 is 0 Å². The molecule has 1 saturated carbocycles. The molecule has 150 valence electrons. The fourth-order valence-electron chi connectivity index (χ4n) is 4.07. The summed E-state index contributed by atoms with van der Waals surface area (Å²) in [7, 11) is 1.52. The summed E-state index contributed by atoms with van der Waals surface area (Å²) in [6.07, 6.45) is 4.56. The quantitative estimate of drug-likeness (QED) is 0.773. The van der Waals surface area contributed by atoms with Crippen molar-refractivity contribution >= 4 is 35.8 Å². The monoisotopic (exact) mass is 415 g/mol. The summed E-state index contributed by atoms with van der Waals surface area (Å²) >= 11 is 6.05. The van der Waals surface area contributed by atoms with Crippen LogP contribution in [0.3, 0.4) is 0 Å². The first kappa shape index (κ1) is 21.8. The van der Waals surface area contributed by atoms with E-state index in [4.69, 9.17) is 22.1 Å². The molecule has 0 aromatic heterocycles. The van der Waals surface area contributed by atoms with Gasteiger partial charge in [-0.05, 0) is 56.3 Å². The van der Waals surface area contributed by atoms with Crippen molar-refractivity contribution in [3.05, 3.63) is 28.8 Å². The van der Waals surface area contributed by atoms with E-state index in [0.29, 0.717) is 41.8 Å². The lowest BCUT2D eigenvalue weighted by molar-refractivity contribution is -0.125. The normalized spacial score (nSPS) is 24.4. The van der Waals surface area contributed by atoms with Crippen LogP contribution in [-0.2, 0) is 4.79 Å². The number of likely N-dealkylation sites (tertiary alicyclic amines) is 1. The Bertz CT molecular complexity index is 686. The van der Waals surface area contributed by atoms with Crippen molar-refractivity contribution in [1.82, 2.24) is 10.2 Å². The molecule has 2 aliphatic rings. The Morgan fingerprint density at radius 3 is 2.78 bits per heavy atom. The van der Waals surface area contributed by atoms with Gasteiger partial charge in [-0.25, -0.2) is 0 Å². The molecule has 27 heavy (non-hydrogen) atoms. The maximum atomic E-state index is 13.0. The first-order chi connectivity index (χ1) is 12.5. The summed E-state index contributed by atoms with van der Waals surface area (Å²) in [5.41, 5.74) is 6.20. The molecule has 0 bridgehead atoms. The number of halogens is 2. The van der Waals surface area contributed by atoms with Crippen molar-refractivity contribution < 1.29 is 14.3 Å². The molecule has 1 saturated heterocycles. The van der Waals surface area contributed by atoms with Gasteiger partial charge in [0, 0.05) is 17.6 Å². The van der Waals surface area contributed by atoms with Crippen LogP contribution in [0, 0.1) is 5.92 Å². The van der Waals surface area contributed by atoms with Gasteiger partial charge in [-0.15, -0.1) is 12.4 Å². The highest BCUT2D eigenvalue weighted by Gasteiger charge is 2.37. The van der Waals surface area contributed by atoms with E-state index in [-0.39, 0.29) is 30.3 Å². The number of amides is 2. The summed E-state index contributed by atoms with van der Waals surface area (Å²) in [6.45, 7) is 1.13. The molecule has 1 heterocycles. The topological polar surface area (TPSA) is 84.7 Å². The van der Waals surface area contributed by atoms with Gasteiger partial charge < -0.3 is 20.7 Å². The number of ether oxygens (including phenoxy) is 1. The van der Waals surface area contributed by atoms with Gasteiger partial charge in [-0.3, -0.25) is 9.59 Å². The predicted molar refractivity (Wildman–Crippen MR) is 108 cm³/mol. The van der Waals surface area contributed by atoms with Crippen LogP contribution >= 0.6 is 24.0 Å². The van der Waals surface area contributed by atoms with Crippen molar-refractivity contribution in [3.8, 4) is 5.75 Å². The van der Waals surface area contributed by atoms with Crippen LogP contribution in [-0.4, -0.2) is 49.0 Å². The Balaban J connectivity index is 0.00000261. The average molecular weight is 416 g/mol. The molecule has 1 aliphatic carbocycles. The van der Waals surface area contributed by atoms with Crippen LogP contribution < -0.4 is 15.8 Å². The number of nitrogens with two attached hydrogens (primary N) is 1. The number of carbonyl (C=O) groups excluding carboxylic acids is 2. The molecule has 1 aliphatic heterocycles. The third kappa shape index (κ3) is 4.68. The van der Waals surface area contributed by atoms with E-state index >= 15 is 0 Å². The Hall–Kier alpha value is -1.50. The van der Waals surface area contributed by atoms with Crippen LogP contribution in [0.15, 0.2) is 18.2 Å². The lowest BCUT2D eigenvalue weighted by Crippen LogP contribution is -2.50. The minimum absolute atomic E-state index is 0. The van der Waals surface area contributed by atoms with Gasteiger partial charge in [-0.1, -0.05) is 18.0 Å². The predicted octanol–water partition coefficient (Wildman–Crippen LogP) is 2.62. The van der Waals surface area contributed by atoms with Crippen molar-refractivity contribution in [2.75, 3.05) is 20.2 Å². The van der Waals surface area contributed by atoms with E-state index in [1.165, 1.54) is 7.11 Å². The van der Waals surface area contributed by atoms with Gasteiger partial charge in [0.1, 0.15) is 11.8 Å². The number of carbonyl (C=O) groups is 2. The molecule has 3 atom stereocenters. The van der Waals surface area contributed by atoms with Crippen molar-refractivity contribution in [2.45, 2.75) is 44.2 Å². The SMILES string of the molecule is COc1ccc(Cl)cc1C(=O)N1CCCC1C(=O)NC1CCCC1CN.Cl. The van der Waals surface area contributed by atoms with E-state index in [1.54, 1.807) is 23.1 Å². The van der Waals surface area contributed by atoms with Crippen LogP contribution in [0.2, 0.25) is 5.02 Å². The number of hydrogen-bond donors (Lipinski definition) is 2. The fraction of sp³-hybridized carbons (Fsp3) is 0.579. The molecule has 3 rings (SSSR count). The number of nitrogens with one attached hydrogen (secondary N) is 1. The van der Waals surface area contributed by atoms with Crippen molar-refractivity contribution in [1.29, 1.82) is 0 Å². The highest BCUT2D eigenvalue weighted by atomic mass is 35.5. The number of rotatable bonds is 5. The lowest BCUT2D eigenvalue weighted by atomic mass is 10.0. The second kappa shape index (κ2) is 9.62. The zero-order valence-electron chi connectivity index (χ0n) is 15.4. The van der Waals surface area contributed by atoms with Crippen LogP contribution in [0.5, 0.6) is 5.75 Å². The molecule has 1 aromatic carbocycles. The first-order valence-corrected chi connectivity index (χ1v) is 9.58. The fourth-order valence-corrected chi connectivity index (χ4v) is 4.24. The number of benzene rings is 1. The highest BCUT2D eigenvalue weighted by molar-refractivity contribution is 6.31. The maximum Gasteiger partial charge on any atom is 0.258 e. The molecule has 0 spiro atoms. The zero-order chi connectivity index (χ0) is 18.7. The summed E-state index contributed by atoms with van der Waals surface area (Å²) < 4.78 is 5.29. The van der Waals surface area contributed by atoms with E-state index in [2.05, 4.69) is 5.32 Å². The van der Waals surface area contributed by atoms with Gasteiger partial charge in [-0.2, -0.15) is 0 Å². The summed E-state index contributed by atoms with van der Waals surface area (Å²) in [6, 6.07) is 4.61. The Labute approximate surface area is 171 Å². The number of hydrogen-bond acceptors (Lipinski definition) is 4. The van der Waals surface area contributed by atoms with Crippen LogP contribution in [0.4, 0.5) is 0 Å². The molecule has 2 amide bonds. The molecule has 0 radical (unpaired) electrons. The van der Waals surface area contributed by atoms with Crippen molar-refractivity contribution in [3.63, 3.8) is 0 Å². The Kier molecular flexibility index (Phi) is 7.77.